The van der Waals surface area contributed by atoms with Gasteiger partial charge in [0.1, 0.15) is 5.75 Å². The van der Waals surface area contributed by atoms with Crippen LogP contribution in [0.5, 0.6) is 5.75 Å². The van der Waals surface area contributed by atoms with E-state index in [2.05, 4.69) is 41.8 Å². The third-order valence-electron chi connectivity index (χ3n) is 3.91. The van der Waals surface area contributed by atoms with Gasteiger partial charge in [-0.25, -0.2) is 0 Å². The molecule has 0 radical (unpaired) electrons. The largest absolute Gasteiger partial charge is 0.493 e. The van der Waals surface area contributed by atoms with Gasteiger partial charge >= 0.3 is 0 Å². The van der Waals surface area contributed by atoms with Crippen LogP contribution in [0, 0.1) is 0 Å². The molecule has 22 heavy (non-hydrogen) atoms. The summed E-state index contributed by atoms with van der Waals surface area (Å²) in [4.78, 5) is 0. The Morgan fingerprint density at radius 2 is 1.95 bits per heavy atom. The molecule has 1 atom stereocenters. The minimum atomic E-state index is 0.193. The number of anilines is 1. The molecular weight excluding hydrogens is 292 g/mol. The first-order chi connectivity index (χ1) is 10.8. The number of benzene rings is 2. The van der Waals surface area contributed by atoms with Crippen molar-refractivity contribution in [3.8, 4) is 5.75 Å². The van der Waals surface area contributed by atoms with Crippen molar-refractivity contribution in [2.24, 2.45) is 0 Å². The van der Waals surface area contributed by atoms with Crippen molar-refractivity contribution in [2.45, 2.75) is 25.8 Å². The van der Waals surface area contributed by atoms with Crippen molar-refractivity contribution in [3.63, 3.8) is 0 Å². The van der Waals surface area contributed by atoms with E-state index < -0.39 is 0 Å². The Hall–Kier alpha value is -2.07. The molecule has 0 bridgehead atoms. The summed E-state index contributed by atoms with van der Waals surface area (Å²) >= 11 is 5.49. The van der Waals surface area contributed by atoms with Gasteiger partial charge in [0, 0.05) is 17.7 Å². The quantitative estimate of drug-likeness (QED) is 0.838. The molecule has 0 aliphatic carbocycles. The molecule has 2 aromatic carbocycles. The topological polar surface area (TPSA) is 33.3 Å². The average molecular weight is 312 g/mol. The number of nitrogens with one attached hydrogen (secondary N) is 2. The highest BCUT2D eigenvalue weighted by atomic mass is 32.1. The smallest absolute Gasteiger partial charge is 0.171 e. The lowest BCUT2D eigenvalue weighted by Crippen LogP contribution is -2.35. The molecule has 0 fully saturated rings. The third-order valence-corrected chi connectivity index (χ3v) is 4.13. The molecule has 0 saturated heterocycles. The van der Waals surface area contributed by atoms with Gasteiger partial charge in [0.15, 0.2) is 5.11 Å². The van der Waals surface area contributed by atoms with Crippen molar-refractivity contribution >= 4 is 23.0 Å². The van der Waals surface area contributed by atoms with E-state index in [1.807, 2.05) is 24.3 Å². The van der Waals surface area contributed by atoms with Gasteiger partial charge in [-0.3, -0.25) is 0 Å². The van der Waals surface area contributed by atoms with Crippen molar-refractivity contribution in [1.29, 1.82) is 0 Å². The number of hydrogen-bond acceptors (Lipinski definition) is 2. The van der Waals surface area contributed by atoms with Crippen LogP contribution >= 0.6 is 12.2 Å². The number of para-hydroxylation sites is 2. The van der Waals surface area contributed by atoms with E-state index in [-0.39, 0.29) is 6.04 Å². The molecule has 0 spiro atoms. The SMILES string of the molecule is CCc1ccccc1NC(=S)N[C@@H]1CCOc2ccccc21. The summed E-state index contributed by atoms with van der Waals surface area (Å²) in [6, 6.07) is 16.6. The molecule has 2 N–H and O–H groups in total. The molecular formula is C18H20N2OS. The third kappa shape index (κ3) is 3.22. The van der Waals surface area contributed by atoms with E-state index in [4.69, 9.17) is 17.0 Å². The molecule has 1 aliphatic heterocycles. The molecule has 0 unspecified atom stereocenters. The Kier molecular flexibility index (Phi) is 4.59. The number of hydrogen-bond donors (Lipinski definition) is 2. The van der Waals surface area contributed by atoms with Crippen LogP contribution in [0.3, 0.4) is 0 Å². The second-order valence-corrected chi connectivity index (χ2v) is 5.74. The predicted octanol–water partition coefficient (Wildman–Crippen LogP) is 4.06. The van der Waals surface area contributed by atoms with E-state index in [1.54, 1.807) is 0 Å². The Balaban J connectivity index is 1.70. The standard InChI is InChI=1S/C18H20N2OS/c1-2-13-7-3-5-9-15(13)19-18(22)20-16-11-12-21-17-10-6-4-8-14(16)17/h3-10,16H,2,11-12H2,1H3,(H2,19,20,22)/t16-/m1/s1. The second-order valence-electron chi connectivity index (χ2n) is 5.34. The maximum Gasteiger partial charge on any atom is 0.171 e. The second kappa shape index (κ2) is 6.79. The normalized spacial score (nSPS) is 16.3. The molecule has 0 aromatic heterocycles. The monoisotopic (exact) mass is 312 g/mol. The first-order valence-corrected chi connectivity index (χ1v) is 8.06. The highest BCUT2D eigenvalue weighted by Crippen LogP contribution is 2.31. The molecule has 2 aromatic rings. The van der Waals surface area contributed by atoms with Gasteiger partial charge in [0.25, 0.3) is 0 Å². The maximum atomic E-state index is 5.69. The zero-order valence-corrected chi connectivity index (χ0v) is 13.5. The van der Waals surface area contributed by atoms with Gasteiger partial charge in [-0.2, -0.15) is 0 Å². The van der Waals surface area contributed by atoms with Gasteiger partial charge in [0.05, 0.1) is 12.6 Å². The fourth-order valence-electron chi connectivity index (χ4n) is 2.76. The van der Waals surface area contributed by atoms with Crippen LogP contribution < -0.4 is 15.4 Å². The number of rotatable bonds is 3. The van der Waals surface area contributed by atoms with Gasteiger partial charge in [0.2, 0.25) is 0 Å². The van der Waals surface area contributed by atoms with Crippen LogP contribution in [0.1, 0.15) is 30.5 Å². The van der Waals surface area contributed by atoms with Crippen molar-refractivity contribution in [2.75, 3.05) is 11.9 Å². The van der Waals surface area contributed by atoms with Crippen molar-refractivity contribution in [1.82, 2.24) is 5.32 Å². The van der Waals surface area contributed by atoms with Gasteiger partial charge in [-0.05, 0) is 36.3 Å². The Bertz CT molecular complexity index is 672. The van der Waals surface area contributed by atoms with Gasteiger partial charge in [-0.1, -0.05) is 43.3 Å². The summed E-state index contributed by atoms with van der Waals surface area (Å²) in [7, 11) is 0. The minimum absolute atomic E-state index is 0.193. The summed E-state index contributed by atoms with van der Waals surface area (Å²) in [5.74, 6) is 0.947. The molecule has 4 heteroatoms. The fourth-order valence-corrected chi connectivity index (χ4v) is 3.01. The molecule has 114 valence electrons. The predicted molar refractivity (Wildman–Crippen MR) is 94.5 cm³/mol. The summed E-state index contributed by atoms with van der Waals surface area (Å²) in [6.45, 7) is 2.86. The van der Waals surface area contributed by atoms with Crippen LogP contribution in [-0.2, 0) is 6.42 Å². The lowest BCUT2D eigenvalue weighted by Gasteiger charge is -2.28. The van der Waals surface area contributed by atoms with E-state index >= 15 is 0 Å². The maximum absolute atomic E-state index is 5.69. The average Bonchev–Trinajstić information content (AvgIpc) is 2.55. The number of ether oxygens (including phenoxy) is 1. The first kappa shape index (κ1) is 14.9. The van der Waals surface area contributed by atoms with Crippen LogP contribution in [-0.4, -0.2) is 11.7 Å². The lowest BCUT2D eigenvalue weighted by molar-refractivity contribution is 0.262. The van der Waals surface area contributed by atoms with Crippen LogP contribution in [0.25, 0.3) is 0 Å². The van der Waals surface area contributed by atoms with E-state index in [0.29, 0.717) is 11.7 Å². The zero-order chi connectivity index (χ0) is 15.4. The summed E-state index contributed by atoms with van der Waals surface area (Å²) in [5.41, 5.74) is 3.50. The minimum Gasteiger partial charge on any atom is -0.493 e. The molecule has 0 amide bonds. The summed E-state index contributed by atoms with van der Waals surface area (Å²) in [5, 5.41) is 7.39. The fraction of sp³-hybridized carbons (Fsp3) is 0.278. The first-order valence-electron chi connectivity index (χ1n) is 7.65. The van der Waals surface area contributed by atoms with Crippen molar-refractivity contribution < 1.29 is 4.74 Å². The summed E-state index contributed by atoms with van der Waals surface area (Å²) < 4.78 is 5.69. The number of aryl methyl sites for hydroxylation is 1. The summed E-state index contributed by atoms with van der Waals surface area (Å²) in [6.07, 6.45) is 1.89. The van der Waals surface area contributed by atoms with Gasteiger partial charge < -0.3 is 15.4 Å². The Morgan fingerprint density at radius 3 is 2.82 bits per heavy atom. The van der Waals surface area contributed by atoms with Crippen LogP contribution in [0.2, 0.25) is 0 Å². The van der Waals surface area contributed by atoms with E-state index in [0.717, 1.165) is 24.3 Å². The number of thiocarbonyl (C=S) groups is 1. The van der Waals surface area contributed by atoms with Crippen LogP contribution in [0.4, 0.5) is 5.69 Å². The molecule has 3 rings (SSSR count). The highest BCUT2D eigenvalue weighted by molar-refractivity contribution is 7.80. The zero-order valence-electron chi connectivity index (χ0n) is 12.6. The highest BCUT2D eigenvalue weighted by Gasteiger charge is 2.21. The van der Waals surface area contributed by atoms with Crippen molar-refractivity contribution in [3.05, 3.63) is 59.7 Å². The van der Waals surface area contributed by atoms with Gasteiger partial charge in [-0.15, -0.1) is 0 Å². The lowest BCUT2D eigenvalue weighted by atomic mass is 10.0. The van der Waals surface area contributed by atoms with E-state index in [1.165, 1.54) is 11.1 Å². The Morgan fingerprint density at radius 1 is 1.18 bits per heavy atom. The van der Waals surface area contributed by atoms with E-state index in [9.17, 15) is 0 Å². The molecule has 1 aliphatic rings. The van der Waals surface area contributed by atoms with Crippen LogP contribution in [0.15, 0.2) is 48.5 Å². The molecule has 1 heterocycles. The number of fused-ring (bicyclic) bond motifs is 1. The molecule has 0 saturated carbocycles. The molecule has 3 nitrogen and oxygen atoms in total. The Labute approximate surface area is 136 Å².